The summed E-state index contributed by atoms with van der Waals surface area (Å²) in [6.07, 6.45) is 2.48. The van der Waals surface area contributed by atoms with E-state index in [0.717, 1.165) is 32.7 Å². The number of hydrogen-bond donors (Lipinski definition) is 0. The van der Waals surface area contributed by atoms with Gasteiger partial charge in [0.05, 0.1) is 29.0 Å². The van der Waals surface area contributed by atoms with E-state index in [1.54, 1.807) is 16.3 Å². The summed E-state index contributed by atoms with van der Waals surface area (Å²) in [5, 5.41) is 2.92. The highest BCUT2D eigenvalue weighted by molar-refractivity contribution is 7.98. The molecule has 0 amide bonds. The van der Waals surface area contributed by atoms with Crippen LogP contribution in [0.5, 0.6) is 0 Å². The lowest BCUT2D eigenvalue weighted by molar-refractivity contribution is -0.136. The molecule has 1 aromatic heterocycles. The Bertz CT molecular complexity index is 2010. The van der Waals surface area contributed by atoms with Crippen molar-refractivity contribution in [3.05, 3.63) is 144 Å². The third-order valence-electron chi connectivity index (χ3n) is 7.28. The minimum Gasteiger partial charge on any atom is -0.466 e. The molecule has 0 fully saturated rings. The van der Waals surface area contributed by atoms with Gasteiger partial charge < -0.3 is 4.74 Å². The minimum atomic E-state index is -0.615. The van der Waals surface area contributed by atoms with Gasteiger partial charge in [0.15, 0.2) is 4.80 Å². The average Bonchev–Trinajstić information content (AvgIpc) is 3.34. The van der Waals surface area contributed by atoms with Crippen LogP contribution >= 0.6 is 34.7 Å². The summed E-state index contributed by atoms with van der Waals surface area (Å²) in [6, 6.07) is 29.3. The van der Waals surface area contributed by atoms with Gasteiger partial charge in [0, 0.05) is 15.7 Å². The number of methoxy groups -OCH3 is 1. The first-order valence-corrected chi connectivity index (χ1v) is 15.7. The number of thiazole rings is 1. The van der Waals surface area contributed by atoms with Crippen molar-refractivity contribution in [3.8, 4) is 0 Å². The Kier molecular flexibility index (Phi) is 8.16. The molecule has 0 saturated heterocycles. The molecule has 2 heterocycles. The fourth-order valence-electron chi connectivity index (χ4n) is 5.24. The van der Waals surface area contributed by atoms with E-state index >= 15 is 0 Å². The van der Waals surface area contributed by atoms with Crippen molar-refractivity contribution in [2.24, 2.45) is 4.99 Å². The Labute approximate surface area is 256 Å². The molecule has 4 aromatic carbocycles. The third-order valence-corrected chi connectivity index (χ3v) is 9.66. The highest BCUT2D eigenvalue weighted by Gasteiger charge is 2.33. The van der Waals surface area contributed by atoms with Crippen LogP contribution in [0.2, 0.25) is 5.02 Å². The van der Waals surface area contributed by atoms with Crippen molar-refractivity contribution in [3.63, 3.8) is 0 Å². The summed E-state index contributed by atoms with van der Waals surface area (Å²) in [4.78, 5) is 33.6. The van der Waals surface area contributed by atoms with Crippen molar-refractivity contribution in [1.29, 1.82) is 0 Å². The number of allylic oxidation sites excluding steroid dienone is 1. The molecule has 1 aliphatic rings. The maximum atomic E-state index is 14.0. The first-order valence-electron chi connectivity index (χ1n) is 13.6. The van der Waals surface area contributed by atoms with Crippen LogP contribution in [-0.4, -0.2) is 17.6 Å². The van der Waals surface area contributed by atoms with Crippen LogP contribution in [0.3, 0.4) is 0 Å². The molecule has 0 saturated carbocycles. The number of fused-ring (bicyclic) bond motifs is 2. The largest absolute Gasteiger partial charge is 0.466 e. The van der Waals surface area contributed by atoms with Gasteiger partial charge in [-0.15, -0.1) is 11.8 Å². The lowest BCUT2D eigenvalue weighted by Crippen LogP contribution is -2.40. The lowest BCUT2D eigenvalue weighted by atomic mass is 9.95. The van der Waals surface area contributed by atoms with Gasteiger partial charge in [0.25, 0.3) is 5.56 Å². The quantitative estimate of drug-likeness (QED) is 0.149. The Hall–Kier alpha value is -3.91. The van der Waals surface area contributed by atoms with Crippen molar-refractivity contribution < 1.29 is 9.53 Å². The number of thioether (sulfide) groups is 1. The van der Waals surface area contributed by atoms with E-state index < -0.39 is 12.0 Å². The molecule has 5 aromatic rings. The van der Waals surface area contributed by atoms with Crippen molar-refractivity contribution in [1.82, 2.24) is 4.57 Å². The van der Waals surface area contributed by atoms with E-state index in [9.17, 15) is 9.59 Å². The van der Waals surface area contributed by atoms with E-state index in [4.69, 9.17) is 21.3 Å². The minimum absolute atomic E-state index is 0.186. The van der Waals surface area contributed by atoms with Gasteiger partial charge >= 0.3 is 5.97 Å². The second-order valence-electron chi connectivity index (χ2n) is 9.81. The highest BCUT2D eigenvalue weighted by atomic mass is 35.5. The van der Waals surface area contributed by atoms with Crippen LogP contribution in [0.15, 0.2) is 117 Å². The van der Waals surface area contributed by atoms with E-state index in [1.807, 2.05) is 79.7 Å². The van der Waals surface area contributed by atoms with Crippen molar-refractivity contribution in [2.75, 3.05) is 7.11 Å². The van der Waals surface area contributed by atoms with Crippen molar-refractivity contribution >= 4 is 57.5 Å². The second kappa shape index (κ2) is 12.1. The summed E-state index contributed by atoms with van der Waals surface area (Å²) in [6.45, 7) is 1.96. The number of aromatic nitrogens is 1. The van der Waals surface area contributed by atoms with Gasteiger partial charge in [-0.05, 0) is 58.2 Å². The van der Waals surface area contributed by atoms with E-state index in [0.29, 0.717) is 27.0 Å². The Balaban J connectivity index is 1.46. The summed E-state index contributed by atoms with van der Waals surface area (Å²) < 4.78 is 7.35. The first kappa shape index (κ1) is 28.2. The van der Waals surface area contributed by atoms with Gasteiger partial charge in [0.1, 0.15) is 0 Å². The number of nitrogens with zero attached hydrogens (tertiary/aromatic N) is 2. The van der Waals surface area contributed by atoms with Gasteiger partial charge in [-0.1, -0.05) is 103 Å². The predicted octanol–water partition coefficient (Wildman–Crippen LogP) is 6.90. The molecular weight excluding hydrogens is 584 g/mol. The molecule has 1 atom stereocenters. The first-order chi connectivity index (χ1) is 20.5. The van der Waals surface area contributed by atoms with Crippen LogP contribution in [0.1, 0.15) is 36.1 Å². The molecule has 5 nitrogen and oxygen atoms in total. The predicted molar refractivity (Wildman–Crippen MR) is 172 cm³/mol. The zero-order chi connectivity index (χ0) is 29.2. The fraction of sp³-hybridized carbons (Fsp3) is 0.147. The monoisotopic (exact) mass is 610 g/mol. The maximum absolute atomic E-state index is 14.0. The number of hydrogen-bond acceptors (Lipinski definition) is 6. The summed E-state index contributed by atoms with van der Waals surface area (Å²) in [7, 11) is 1.36. The number of halogens is 1. The zero-order valence-corrected chi connectivity index (χ0v) is 25.4. The van der Waals surface area contributed by atoms with E-state index in [2.05, 4.69) is 24.3 Å². The molecule has 0 unspecified atom stereocenters. The summed E-state index contributed by atoms with van der Waals surface area (Å²) in [5.41, 5.74) is 3.83. The van der Waals surface area contributed by atoms with Crippen molar-refractivity contribution in [2.45, 2.75) is 30.0 Å². The van der Waals surface area contributed by atoms with Gasteiger partial charge in [0.2, 0.25) is 0 Å². The highest BCUT2D eigenvalue weighted by Crippen LogP contribution is 2.34. The summed E-state index contributed by atoms with van der Waals surface area (Å²) >= 11 is 9.17. The van der Waals surface area contributed by atoms with Gasteiger partial charge in [-0.2, -0.15) is 0 Å². The zero-order valence-electron chi connectivity index (χ0n) is 23.0. The van der Waals surface area contributed by atoms with Crippen LogP contribution in [-0.2, 0) is 15.3 Å². The Morgan fingerprint density at radius 2 is 1.71 bits per heavy atom. The Morgan fingerprint density at radius 1 is 1.00 bits per heavy atom. The maximum Gasteiger partial charge on any atom is 0.338 e. The molecule has 210 valence electrons. The number of benzene rings is 4. The molecule has 0 bridgehead atoms. The van der Waals surface area contributed by atoms with Gasteiger partial charge in [-0.25, -0.2) is 9.79 Å². The number of carbonyl (C=O) groups excluding carboxylic acids is 1. The molecule has 1 aliphatic heterocycles. The Morgan fingerprint density at radius 3 is 2.43 bits per heavy atom. The molecule has 0 radical (unpaired) electrons. The van der Waals surface area contributed by atoms with E-state index in [-0.39, 0.29) is 5.56 Å². The fourth-order valence-corrected chi connectivity index (χ4v) is 7.39. The smallest absolute Gasteiger partial charge is 0.338 e. The number of ether oxygens (including phenoxy) is 1. The van der Waals surface area contributed by atoms with Crippen LogP contribution in [0, 0.1) is 0 Å². The molecule has 8 heteroatoms. The molecular formula is C34H27ClN2O3S2. The topological polar surface area (TPSA) is 60.7 Å². The SMILES string of the molecule is CCC1=C(C(=O)OC)[C@@H](c2ccccc2)n2c(s/c(=C\c3ccc(SCc4ccc(Cl)cc4)c4ccccc34)c2=O)=N1. The molecule has 0 N–H and O–H groups in total. The number of carbonyl (C=O) groups is 1. The van der Waals surface area contributed by atoms with Crippen LogP contribution in [0.25, 0.3) is 16.8 Å². The average molecular weight is 611 g/mol. The molecule has 6 rings (SSSR count). The molecule has 0 aliphatic carbocycles. The van der Waals surface area contributed by atoms with Gasteiger partial charge in [-0.3, -0.25) is 9.36 Å². The standard InChI is InChI=1S/C34H27ClN2O3S2/c1-3-27-30(33(39)40-2)31(22-9-5-4-6-10-22)37-32(38)29(42-34(37)36-27)19-23-15-18-28(26-12-8-7-11-25(23)26)41-20-21-13-16-24(35)17-14-21/h4-19,31H,3,20H2,1-2H3/b29-19-/t31-/m1/s1. The normalized spacial score (nSPS) is 15.0. The number of esters is 1. The third kappa shape index (κ3) is 5.36. The second-order valence-corrected chi connectivity index (χ2v) is 12.3. The number of rotatable bonds is 7. The van der Waals surface area contributed by atoms with Crippen LogP contribution < -0.4 is 14.9 Å². The molecule has 42 heavy (non-hydrogen) atoms. The van der Waals surface area contributed by atoms with Crippen LogP contribution in [0.4, 0.5) is 0 Å². The van der Waals surface area contributed by atoms with E-state index in [1.165, 1.54) is 28.9 Å². The molecule has 0 spiro atoms. The summed E-state index contributed by atoms with van der Waals surface area (Å²) in [5.74, 6) is 0.345. The lowest BCUT2D eigenvalue weighted by Gasteiger charge is -2.25.